The fourth-order valence-electron chi connectivity index (χ4n) is 3.83. The number of rotatable bonds is 8. The number of carbonyl (C=O) groups is 2. The Labute approximate surface area is 194 Å². The summed E-state index contributed by atoms with van der Waals surface area (Å²) in [5, 5.41) is 4.27. The Bertz CT molecular complexity index is 1310. The van der Waals surface area contributed by atoms with Crippen LogP contribution in [0.15, 0.2) is 63.6 Å². The summed E-state index contributed by atoms with van der Waals surface area (Å²) in [6.07, 6.45) is 3.71. The molecule has 0 saturated carbocycles. The molecule has 1 N–H and O–H groups in total. The molecule has 7 nitrogen and oxygen atoms in total. The van der Waals surface area contributed by atoms with Crippen molar-refractivity contribution >= 4 is 32.9 Å². The van der Waals surface area contributed by atoms with Crippen molar-refractivity contribution in [1.82, 2.24) is 10.3 Å². The van der Waals surface area contributed by atoms with Crippen LogP contribution in [0.5, 0.6) is 5.75 Å². The Morgan fingerprint density at radius 3 is 2.79 bits per heavy atom. The third-order valence-corrected chi connectivity index (χ3v) is 6.40. The molecule has 2 aromatic carbocycles. The first-order valence-corrected chi connectivity index (χ1v) is 11.6. The lowest BCUT2D eigenvalue weighted by molar-refractivity contribution is -0.112. The van der Waals surface area contributed by atoms with Gasteiger partial charge in [0, 0.05) is 34.5 Å². The third kappa shape index (κ3) is 4.66. The van der Waals surface area contributed by atoms with E-state index in [2.05, 4.69) is 10.3 Å². The van der Waals surface area contributed by atoms with Gasteiger partial charge in [-0.25, -0.2) is 4.98 Å². The van der Waals surface area contributed by atoms with E-state index < -0.39 is 6.04 Å². The van der Waals surface area contributed by atoms with Gasteiger partial charge in [-0.05, 0) is 50.1 Å². The summed E-state index contributed by atoms with van der Waals surface area (Å²) in [4.78, 5) is 27.7. The number of aryl methyl sites for hydroxylation is 2. The van der Waals surface area contributed by atoms with Crippen molar-refractivity contribution in [1.29, 1.82) is 0 Å². The highest BCUT2D eigenvalue weighted by Gasteiger charge is 2.30. The maximum absolute atomic E-state index is 11.8. The third-order valence-electron chi connectivity index (χ3n) is 5.61. The standard InChI is InChI=1S/C25H22N2O5S/c1-15-21(26-23(32-15)16-6-3-2-4-7-16)14-30-18-11-10-17-13-31-22(19(17)12-18)9-5-8-20-24(28)33-25(29)27-20/h2-4,6-7,10-13,20H,5,8-9,14H2,1H3,(H,27,29). The predicted molar refractivity (Wildman–Crippen MR) is 125 cm³/mol. The van der Waals surface area contributed by atoms with Gasteiger partial charge in [0.2, 0.25) is 11.0 Å². The number of hydrogen-bond donors (Lipinski definition) is 1. The van der Waals surface area contributed by atoms with E-state index in [0.29, 0.717) is 31.1 Å². The molecule has 1 saturated heterocycles. The largest absolute Gasteiger partial charge is 0.487 e. The highest BCUT2D eigenvalue weighted by molar-refractivity contribution is 8.26. The fraction of sp³-hybridized carbons (Fsp3) is 0.240. The van der Waals surface area contributed by atoms with Gasteiger partial charge in [0.15, 0.2) is 0 Å². The Morgan fingerprint density at radius 1 is 1.15 bits per heavy atom. The molecule has 0 aliphatic carbocycles. The number of ether oxygens (including phenoxy) is 1. The number of aromatic nitrogens is 1. The molecule has 8 heteroatoms. The summed E-state index contributed by atoms with van der Waals surface area (Å²) in [5.74, 6) is 2.85. The van der Waals surface area contributed by atoms with Crippen molar-refractivity contribution < 1.29 is 23.2 Å². The number of benzene rings is 2. The van der Waals surface area contributed by atoms with E-state index in [1.165, 1.54) is 0 Å². The topological polar surface area (TPSA) is 94.6 Å². The summed E-state index contributed by atoms with van der Waals surface area (Å²) < 4.78 is 17.6. The molecular formula is C25H22N2O5S. The van der Waals surface area contributed by atoms with Gasteiger partial charge >= 0.3 is 0 Å². The molecule has 5 rings (SSSR count). The number of thioether (sulfide) groups is 1. The summed E-state index contributed by atoms with van der Waals surface area (Å²) in [6.45, 7) is 2.17. The average Bonchev–Trinajstić information content (AvgIpc) is 3.49. The van der Waals surface area contributed by atoms with Crippen molar-refractivity contribution in [2.45, 2.75) is 38.8 Å². The second-order valence-corrected chi connectivity index (χ2v) is 8.86. The normalized spacial score (nSPS) is 15.8. The van der Waals surface area contributed by atoms with E-state index in [1.54, 1.807) is 6.26 Å². The molecule has 33 heavy (non-hydrogen) atoms. The number of furan rings is 1. The van der Waals surface area contributed by atoms with Crippen molar-refractivity contribution in [2.75, 3.05) is 0 Å². The zero-order valence-electron chi connectivity index (χ0n) is 18.0. The molecule has 1 fully saturated rings. The van der Waals surface area contributed by atoms with Crippen LogP contribution in [0.2, 0.25) is 0 Å². The molecule has 1 aliphatic rings. The highest BCUT2D eigenvalue weighted by atomic mass is 32.2. The second kappa shape index (κ2) is 9.15. The highest BCUT2D eigenvalue weighted by Crippen LogP contribution is 2.29. The number of amides is 1. The van der Waals surface area contributed by atoms with Gasteiger partial charge in [0.1, 0.15) is 29.6 Å². The van der Waals surface area contributed by atoms with Crippen molar-refractivity contribution in [2.24, 2.45) is 0 Å². The Hall–Kier alpha value is -3.52. The van der Waals surface area contributed by atoms with Crippen LogP contribution in [0.3, 0.4) is 0 Å². The van der Waals surface area contributed by atoms with Gasteiger partial charge in [-0.3, -0.25) is 9.59 Å². The van der Waals surface area contributed by atoms with Crippen LogP contribution in [0.25, 0.3) is 22.2 Å². The number of hydrogen-bond acceptors (Lipinski definition) is 7. The van der Waals surface area contributed by atoms with E-state index >= 15 is 0 Å². The van der Waals surface area contributed by atoms with Gasteiger partial charge in [0.25, 0.3) is 5.24 Å². The molecular weight excluding hydrogens is 440 g/mol. The van der Waals surface area contributed by atoms with Crippen LogP contribution in [0.1, 0.15) is 30.1 Å². The average molecular weight is 463 g/mol. The van der Waals surface area contributed by atoms with E-state index in [4.69, 9.17) is 13.6 Å². The van der Waals surface area contributed by atoms with Gasteiger partial charge in [0.05, 0.1) is 12.3 Å². The van der Waals surface area contributed by atoms with E-state index in [9.17, 15) is 9.59 Å². The van der Waals surface area contributed by atoms with Gasteiger partial charge in [-0.15, -0.1) is 0 Å². The number of nitrogens with one attached hydrogen (secondary N) is 1. The molecule has 0 radical (unpaired) electrons. The minimum atomic E-state index is -0.408. The maximum Gasteiger partial charge on any atom is 0.287 e. The Balaban J connectivity index is 1.24. The van der Waals surface area contributed by atoms with E-state index in [1.807, 2.05) is 55.5 Å². The minimum absolute atomic E-state index is 0.112. The second-order valence-electron chi connectivity index (χ2n) is 7.88. The van der Waals surface area contributed by atoms with Crippen LogP contribution in [0.4, 0.5) is 4.79 Å². The fourth-order valence-corrected chi connectivity index (χ4v) is 4.53. The Morgan fingerprint density at radius 2 is 2.00 bits per heavy atom. The number of oxazole rings is 1. The van der Waals surface area contributed by atoms with Gasteiger partial charge in [-0.1, -0.05) is 18.2 Å². The summed E-state index contributed by atoms with van der Waals surface area (Å²) in [5.41, 5.74) is 1.68. The molecule has 1 aliphatic heterocycles. The molecule has 168 valence electrons. The summed E-state index contributed by atoms with van der Waals surface area (Å²) >= 11 is 0.745. The zero-order valence-corrected chi connectivity index (χ0v) is 18.8. The van der Waals surface area contributed by atoms with Crippen LogP contribution >= 0.6 is 11.8 Å². The molecule has 0 spiro atoms. The van der Waals surface area contributed by atoms with Crippen LogP contribution < -0.4 is 10.1 Å². The lowest BCUT2D eigenvalue weighted by atomic mass is 10.1. The molecule has 1 atom stereocenters. The Kier molecular flexibility index (Phi) is 5.92. The van der Waals surface area contributed by atoms with Crippen LogP contribution in [-0.2, 0) is 17.8 Å². The number of fused-ring (bicyclic) bond motifs is 1. The van der Waals surface area contributed by atoms with E-state index in [-0.39, 0.29) is 10.4 Å². The molecule has 3 heterocycles. The smallest absolute Gasteiger partial charge is 0.287 e. The molecule has 0 bridgehead atoms. The van der Waals surface area contributed by atoms with Crippen molar-refractivity contribution in [3.63, 3.8) is 0 Å². The summed E-state index contributed by atoms with van der Waals surface area (Å²) in [7, 11) is 0. The molecule has 1 unspecified atom stereocenters. The zero-order chi connectivity index (χ0) is 22.8. The van der Waals surface area contributed by atoms with Gasteiger partial charge in [-0.2, -0.15) is 0 Å². The first kappa shape index (κ1) is 21.3. The lowest BCUT2D eigenvalue weighted by Crippen LogP contribution is -2.28. The maximum atomic E-state index is 11.8. The van der Waals surface area contributed by atoms with Crippen LogP contribution in [0, 0.1) is 6.92 Å². The minimum Gasteiger partial charge on any atom is -0.487 e. The summed E-state index contributed by atoms with van der Waals surface area (Å²) in [6, 6.07) is 15.2. The molecule has 1 amide bonds. The molecule has 2 aromatic heterocycles. The lowest BCUT2D eigenvalue weighted by Gasteiger charge is -2.07. The first-order valence-electron chi connectivity index (χ1n) is 10.7. The van der Waals surface area contributed by atoms with Crippen molar-refractivity contribution in [3.8, 4) is 17.2 Å². The number of nitrogens with zero attached hydrogens (tertiary/aromatic N) is 1. The SMILES string of the molecule is Cc1oc(-c2ccccc2)nc1COc1ccc2coc(CCCC3NC(=O)SC3=O)c2c1. The van der Waals surface area contributed by atoms with Gasteiger partial charge < -0.3 is 18.9 Å². The number of carbonyl (C=O) groups excluding carboxylic acids is 2. The van der Waals surface area contributed by atoms with Crippen LogP contribution in [-0.4, -0.2) is 21.4 Å². The predicted octanol–water partition coefficient (Wildman–Crippen LogP) is 5.65. The quantitative estimate of drug-likeness (QED) is 0.361. The van der Waals surface area contributed by atoms with Crippen molar-refractivity contribution in [3.05, 3.63) is 72.0 Å². The first-order chi connectivity index (χ1) is 16.1. The van der Waals surface area contributed by atoms with E-state index in [0.717, 1.165) is 51.7 Å². The monoisotopic (exact) mass is 462 g/mol. The molecule has 4 aromatic rings.